The van der Waals surface area contributed by atoms with Crippen molar-refractivity contribution in [3.8, 4) is 5.75 Å². The number of rotatable bonds is 4. The molecule has 3 N–H and O–H groups in total. The van der Waals surface area contributed by atoms with E-state index in [4.69, 9.17) is 10.5 Å². The molecular formula is C14H21N3O2. The first-order valence-corrected chi connectivity index (χ1v) is 6.60. The number of para-hydroxylation sites is 1. The lowest BCUT2D eigenvalue weighted by Gasteiger charge is -2.31. The smallest absolute Gasteiger partial charge is 0.314 e. The first kappa shape index (κ1) is 13.7. The molecule has 0 aliphatic carbocycles. The third-order valence-electron chi connectivity index (χ3n) is 3.58. The van der Waals surface area contributed by atoms with Gasteiger partial charge in [-0.15, -0.1) is 0 Å². The van der Waals surface area contributed by atoms with Crippen LogP contribution < -0.4 is 15.8 Å². The zero-order chi connectivity index (χ0) is 13.7. The molecule has 0 radical (unpaired) electrons. The van der Waals surface area contributed by atoms with Crippen molar-refractivity contribution in [1.29, 1.82) is 0 Å². The third-order valence-corrected chi connectivity index (χ3v) is 3.58. The molecule has 0 saturated carbocycles. The highest BCUT2D eigenvalue weighted by molar-refractivity contribution is 5.72. The molecule has 0 unspecified atom stereocenters. The number of ether oxygens (including phenoxy) is 1. The van der Waals surface area contributed by atoms with Gasteiger partial charge in [0.15, 0.2) is 0 Å². The minimum absolute atomic E-state index is 0.317. The van der Waals surface area contributed by atoms with Gasteiger partial charge in [-0.3, -0.25) is 0 Å². The van der Waals surface area contributed by atoms with E-state index in [1.165, 1.54) is 0 Å². The van der Waals surface area contributed by atoms with Gasteiger partial charge in [0.2, 0.25) is 0 Å². The van der Waals surface area contributed by atoms with Crippen LogP contribution >= 0.6 is 0 Å². The number of likely N-dealkylation sites (tertiary alicyclic amines) is 1. The Morgan fingerprint density at radius 2 is 2.11 bits per heavy atom. The van der Waals surface area contributed by atoms with Crippen molar-refractivity contribution in [2.45, 2.75) is 25.4 Å². The molecule has 19 heavy (non-hydrogen) atoms. The summed E-state index contributed by atoms with van der Waals surface area (Å²) in [7, 11) is 1.68. The van der Waals surface area contributed by atoms with Crippen molar-refractivity contribution in [2.24, 2.45) is 5.73 Å². The van der Waals surface area contributed by atoms with Gasteiger partial charge < -0.3 is 20.7 Å². The number of hydrogen-bond donors (Lipinski definition) is 2. The molecule has 5 heteroatoms. The van der Waals surface area contributed by atoms with Crippen molar-refractivity contribution in [3.05, 3.63) is 29.8 Å². The Balaban J connectivity index is 1.82. The fourth-order valence-corrected chi connectivity index (χ4v) is 2.41. The number of benzene rings is 1. The topological polar surface area (TPSA) is 67.6 Å². The molecule has 1 aromatic carbocycles. The van der Waals surface area contributed by atoms with Crippen LogP contribution in [0.3, 0.4) is 0 Å². The van der Waals surface area contributed by atoms with E-state index >= 15 is 0 Å². The highest BCUT2D eigenvalue weighted by Crippen LogP contribution is 2.18. The molecule has 0 spiro atoms. The standard InChI is InChI=1S/C14H21N3O2/c1-19-13-5-3-2-4-11(13)10-16-12-6-8-17(9-7-12)14(15)18/h2-5,12,16H,6-10H2,1H3,(H2,15,18). The number of nitrogens with two attached hydrogens (primary N) is 1. The Kier molecular flexibility index (Phi) is 4.63. The zero-order valence-electron chi connectivity index (χ0n) is 11.3. The monoisotopic (exact) mass is 263 g/mol. The first-order valence-electron chi connectivity index (χ1n) is 6.60. The van der Waals surface area contributed by atoms with Crippen molar-refractivity contribution >= 4 is 6.03 Å². The number of carbonyl (C=O) groups excluding carboxylic acids is 1. The Hall–Kier alpha value is -1.75. The number of methoxy groups -OCH3 is 1. The highest BCUT2D eigenvalue weighted by atomic mass is 16.5. The van der Waals surface area contributed by atoms with Crippen LogP contribution in [0.4, 0.5) is 4.79 Å². The molecule has 0 aromatic heterocycles. The molecule has 2 rings (SSSR count). The van der Waals surface area contributed by atoms with Crippen molar-refractivity contribution in [3.63, 3.8) is 0 Å². The summed E-state index contributed by atoms with van der Waals surface area (Å²) < 4.78 is 5.32. The number of amides is 2. The van der Waals surface area contributed by atoms with E-state index in [0.29, 0.717) is 6.04 Å². The molecular weight excluding hydrogens is 242 g/mol. The number of urea groups is 1. The van der Waals surface area contributed by atoms with E-state index in [1.54, 1.807) is 12.0 Å². The quantitative estimate of drug-likeness (QED) is 0.861. The minimum atomic E-state index is -0.317. The van der Waals surface area contributed by atoms with Gasteiger partial charge in [0.05, 0.1) is 7.11 Å². The van der Waals surface area contributed by atoms with Gasteiger partial charge in [0, 0.05) is 31.2 Å². The Morgan fingerprint density at radius 3 is 2.74 bits per heavy atom. The number of primary amides is 1. The van der Waals surface area contributed by atoms with E-state index in [2.05, 4.69) is 11.4 Å². The lowest BCUT2D eigenvalue weighted by molar-refractivity contribution is 0.185. The summed E-state index contributed by atoms with van der Waals surface area (Å²) in [5.41, 5.74) is 6.42. The summed E-state index contributed by atoms with van der Waals surface area (Å²) in [4.78, 5) is 12.7. The minimum Gasteiger partial charge on any atom is -0.496 e. The second kappa shape index (κ2) is 6.43. The van der Waals surface area contributed by atoms with Crippen LogP contribution in [0.15, 0.2) is 24.3 Å². The third kappa shape index (κ3) is 3.61. The van der Waals surface area contributed by atoms with Crippen LogP contribution in [-0.4, -0.2) is 37.2 Å². The van der Waals surface area contributed by atoms with E-state index in [1.807, 2.05) is 18.2 Å². The van der Waals surface area contributed by atoms with E-state index in [0.717, 1.165) is 43.8 Å². The lowest BCUT2D eigenvalue weighted by Crippen LogP contribution is -2.46. The normalized spacial score (nSPS) is 16.4. The molecule has 2 amide bonds. The van der Waals surface area contributed by atoms with Gasteiger partial charge in [0.25, 0.3) is 0 Å². The highest BCUT2D eigenvalue weighted by Gasteiger charge is 2.20. The average Bonchev–Trinajstić information content (AvgIpc) is 2.45. The maximum Gasteiger partial charge on any atom is 0.314 e. The molecule has 1 aliphatic rings. The average molecular weight is 263 g/mol. The summed E-state index contributed by atoms with van der Waals surface area (Å²) in [6, 6.07) is 8.11. The lowest BCUT2D eigenvalue weighted by atomic mass is 10.0. The molecule has 1 aliphatic heterocycles. The number of carbonyl (C=O) groups is 1. The van der Waals surface area contributed by atoms with Crippen molar-refractivity contribution < 1.29 is 9.53 Å². The molecule has 104 valence electrons. The predicted octanol–water partition coefficient (Wildman–Crippen LogP) is 1.33. The fourth-order valence-electron chi connectivity index (χ4n) is 2.41. The molecule has 0 bridgehead atoms. The predicted molar refractivity (Wildman–Crippen MR) is 74.0 cm³/mol. The number of nitrogens with one attached hydrogen (secondary N) is 1. The van der Waals surface area contributed by atoms with Crippen molar-refractivity contribution in [1.82, 2.24) is 10.2 Å². The summed E-state index contributed by atoms with van der Waals surface area (Å²) in [6.07, 6.45) is 1.89. The van der Waals surface area contributed by atoms with E-state index in [-0.39, 0.29) is 6.03 Å². The van der Waals surface area contributed by atoms with E-state index in [9.17, 15) is 4.79 Å². The summed E-state index contributed by atoms with van der Waals surface area (Å²) in [5.74, 6) is 0.907. The molecule has 1 heterocycles. The van der Waals surface area contributed by atoms with Gasteiger partial charge in [-0.25, -0.2) is 4.79 Å². The van der Waals surface area contributed by atoms with Crippen LogP contribution in [-0.2, 0) is 6.54 Å². The molecule has 5 nitrogen and oxygen atoms in total. The van der Waals surface area contributed by atoms with E-state index < -0.39 is 0 Å². The Labute approximate surface area is 113 Å². The first-order chi connectivity index (χ1) is 9.20. The molecule has 1 fully saturated rings. The molecule has 0 atom stereocenters. The van der Waals surface area contributed by atoms with Crippen LogP contribution in [0.5, 0.6) is 5.75 Å². The van der Waals surface area contributed by atoms with Crippen LogP contribution in [0.2, 0.25) is 0 Å². The maximum absolute atomic E-state index is 11.0. The van der Waals surface area contributed by atoms with Crippen LogP contribution in [0.25, 0.3) is 0 Å². The SMILES string of the molecule is COc1ccccc1CNC1CCN(C(N)=O)CC1. The Bertz CT molecular complexity index is 428. The second-order valence-corrected chi connectivity index (χ2v) is 4.79. The van der Waals surface area contributed by atoms with Gasteiger partial charge in [-0.1, -0.05) is 18.2 Å². The zero-order valence-corrected chi connectivity index (χ0v) is 11.3. The summed E-state index contributed by atoms with van der Waals surface area (Å²) in [6.45, 7) is 2.25. The number of nitrogens with zero attached hydrogens (tertiary/aromatic N) is 1. The molecule has 1 saturated heterocycles. The van der Waals surface area contributed by atoms with Crippen molar-refractivity contribution in [2.75, 3.05) is 20.2 Å². The van der Waals surface area contributed by atoms with Crippen LogP contribution in [0.1, 0.15) is 18.4 Å². The number of hydrogen-bond acceptors (Lipinski definition) is 3. The number of piperidine rings is 1. The second-order valence-electron chi connectivity index (χ2n) is 4.79. The Morgan fingerprint density at radius 1 is 1.42 bits per heavy atom. The summed E-state index contributed by atoms with van der Waals surface area (Å²) in [5, 5.41) is 3.51. The fraction of sp³-hybridized carbons (Fsp3) is 0.500. The maximum atomic E-state index is 11.0. The van der Waals surface area contributed by atoms with Gasteiger partial charge in [-0.2, -0.15) is 0 Å². The van der Waals surface area contributed by atoms with Gasteiger partial charge in [-0.05, 0) is 18.9 Å². The molecule has 1 aromatic rings. The van der Waals surface area contributed by atoms with Crippen LogP contribution in [0, 0.1) is 0 Å². The van der Waals surface area contributed by atoms with Gasteiger partial charge in [0.1, 0.15) is 5.75 Å². The van der Waals surface area contributed by atoms with Gasteiger partial charge >= 0.3 is 6.03 Å². The largest absolute Gasteiger partial charge is 0.496 e. The summed E-state index contributed by atoms with van der Waals surface area (Å²) >= 11 is 0.